The van der Waals surface area contributed by atoms with Crippen LogP contribution in [0.4, 0.5) is 0 Å². The molecular formula is C27H39Cl. The molecule has 0 amide bonds. The summed E-state index contributed by atoms with van der Waals surface area (Å²) in [7, 11) is 0. The number of halogens is 1. The Balaban J connectivity index is 1.46. The third kappa shape index (κ3) is 6.29. The molecule has 28 heavy (non-hydrogen) atoms. The van der Waals surface area contributed by atoms with Crippen LogP contribution in [-0.4, -0.2) is 0 Å². The molecule has 0 nitrogen and oxygen atoms in total. The summed E-state index contributed by atoms with van der Waals surface area (Å²) in [6, 6.07) is 6.43. The summed E-state index contributed by atoms with van der Waals surface area (Å²) in [4.78, 5) is 0. The smallest absolute Gasteiger partial charge is 0.0450 e. The average Bonchev–Trinajstić information content (AvgIpc) is 2.74. The molecule has 0 N–H and O–H groups in total. The molecule has 0 aromatic heterocycles. The summed E-state index contributed by atoms with van der Waals surface area (Å²) in [5.74, 6) is 10.6. The minimum atomic E-state index is 0.589. The third-order valence-corrected chi connectivity index (χ3v) is 7.78. The Morgan fingerprint density at radius 2 is 1.57 bits per heavy atom. The van der Waals surface area contributed by atoms with Crippen LogP contribution in [0.2, 0.25) is 5.02 Å². The predicted octanol–water partition coefficient (Wildman–Crippen LogP) is 8.45. The summed E-state index contributed by atoms with van der Waals surface area (Å²) in [5, 5.41) is 0.897. The van der Waals surface area contributed by atoms with E-state index in [-0.39, 0.29) is 0 Å². The Kier molecular flexibility index (Phi) is 8.79. The molecule has 0 heterocycles. The Labute approximate surface area is 178 Å². The summed E-state index contributed by atoms with van der Waals surface area (Å²) in [6.45, 7) is 4.60. The van der Waals surface area contributed by atoms with Crippen molar-refractivity contribution in [3.05, 3.63) is 34.3 Å². The zero-order chi connectivity index (χ0) is 19.8. The van der Waals surface area contributed by atoms with E-state index in [4.69, 9.17) is 11.6 Å². The normalized spacial score (nSPS) is 27.8. The molecule has 2 fully saturated rings. The minimum Gasteiger partial charge on any atom is -0.0945 e. The van der Waals surface area contributed by atoms with Crippen molar-refractivity contribution in [2.75, 3.05) is 0 Å². The summed E-state index contributed by atoms with van der Waals surface area (Å²) in [5.41, 5.74) is 2.36. The zero-order valence-electron chi connectivity index (χ0n) is 18.1. The molecule has 3 rings (SSSR count). The Morgan fingerprint density at radius 3 is 2.18 bits per heavy atom. The second kappa shape index (κ2) is 11.3. The number of hydrogen-bond donors (Lipinski definition) is 0. The van der Waals surface area contributed by atoms with Crippen molar-refractivity contribution in [3.63, 3.8) is 0 Å². The van der Waals surface area contributed by atoms with Gasteiger partial charge in [-0.15, -0.1) is 0 Å². The van der Waals surface area contributed by atoms with Gasteiger partial charge >= 0.3 is 0 Å². The molecule has 0 spiro atoms. The maximum absolute atomic E-state index is 6.49. The summed E-state index contributed by atoms with van der Waals surface area (Å²) < 4.78 is 0. The predicted molar refractivity (Wildman–Crippen MR) is 123 cm³/mol. The SMILES string of the molecule is CCCCCc1ccc(C#CC2CCC(C3CCC(CC)CC3)CC2)cc1Cl. The van der Waals surface area contributed by atoms with Gasteiger partial charge in [-0.05, 0) is 86.8 Å². The van der Waals surface area contributed by atoms with Crippen molar-refractivity contribution in [2.45, 2.75) is 97.3 Å². The van der Waals surface area contributed by atoms with Crippen molar-refractivity contribution < 1.29 is 0 Å². The first-order chi connectivity index (χ1) is 13.7. The van der Waals surface area contributed by atoms with Crippen LogP contribution in [0.15, 0.2) is 18.2 Å². The van der Waals surface area contributed by atoms with Gasteiger partial charge in [0.05, 0.1) is 0 Å². The summed E-state index contributed by atoms with van der Waals surface area (Å²) >= 11 is 6.49. The molecule has 0 unspecified atom stereocenters. The van der Waals surface area contributed by atoms with Gasteiger partial charge in [-0.2, -0.15) is 0 Å². The fourth-order valence-corrected chi connectivity index (χ4v) is 5.66. The molecule has 0 bridgehead atoms. The van der Waals surface area contributed by atoms with Gasteiger partial charge in [0, 0.05) is 16.5 Å². The van der Waals surface area contributed by atoms with E-state index in [1.807, 2.05) is 0 Å². The van der Waals surface area contributed by atoms with Crippen LogP contribution in [0.25, 0.3) is 0 Å². The molecular weight excluding hydrogens is 360 g/mol. The highest BCUT2D eigenvalue weighted by Gasteiger charge is 2.29. The standard InChI is InChI=1S/C27H39Cl/c1-3-5-6-7-26-19-14-23(20-27(26)28)9-8-22-12-17-25(18-13-22)24-15-10-21(4-2)11-16-24/h14,19-22,24-25H,3-7,10-13,15-18H2,1-2H3. The van der Waals surface area contributed by atoms with Crippen molar-refractivity contribution in [1.29, 1.82) is 0 Å². The van der Waals surface area contributed by atoms with Crippen molar-refractivity contribution in [2.24, 2.45) is 23.7 Å². The van der Waals surface area contributed by atoms with Gasteiger partial charge in [0.1, 0.15) is 0 Å². The van der Waals surface area contributed by atoms with Crippen LogP contribution in [0.1, 0.15) is 102 Å². The van der Waals surface area contributed by atoms with Gasteiger partial charge in [-0.25, -0.2) is 0 Å². The number of unbranched alkanes of at least 4 members (excludes halogenated alkanes) is 2. The van der Waals surface area contributed by atoms with Crippen molar-refractivity contribution in [3.8, 4) is 11.8 Å². The number of rotatable bonds is 6. The van der Waals surface area contributed by atoms with E-state index in [1.54, 1.807) is 0 Å². The molecule has 1 aromatic rings. The van der Waals surface area contributed by atoms with Gasteiger partial charge in [-0.1, -0.05) is 75.5 Å². The van der Waals surface area contributed by atoms with E-state index in [2.05, 4.69) is 43.9 Å². The molecule has 1 aromatic carbocycles. The van der Waals surface area contributed by atoms with E-state index in [0.29, 0.717) is 5.92 Å². The largest absolute Gasteiger partial charge is 0.0945 e. The molecule has 2 aliphatic rings. The fraction of sp³-hybridized carbons (Fsp3) is 0.704. The van der Waals surface area contributed by atoms with Crippen LogP contribution in [0.5, 0.6) is 0 Å². The number of aryl methyl sites for hydroxylation is 1. The molecule has 154 valence electrons. The Bertz CT molecular complexity index is 649. The van der Waals surface area contributed by atoms with Gasteiger partial charge in [0.15, 0.2) is 0 Å². The van der Waals surface area contributed by atoms with E-state index >= 15 is 0 Å². The molecule has 2 saturated carbocycles. The van der Waals surface area contributed by atoms with E-state index < -0.39 is 0 Å². The minimum absolute atomic E-state index is 0.589. The monoisotopic (exact) mass is 398 g/mol. The lowest BCUT2D eigenvalue weighted by molar-refractivity contribution is 0.156. The lowest BCUT2D eigenvalue weighted by atomic mass is 9.69. The van der Waals surface area contributed by atoms with Gasteiger partial charge in [0.2, 0.25) is 0 Å². The molecule has 0 saturated heterocycles. The highest BCUT2D eigenvalue weighted by atomic mass is 35.5. The van der Waals surface area contributed by atoms with Crippen LogP contribution >= 0.6 is 11.6 Å². The van der Waals surface area contributed by atoms with Crippen LogP contribution < -0.4 is 0 Å². The first-order valence-electron chi connectivity index (χ1n) is 12.0. The van der Waals surface area contributed by atoms with Crippen LogP contribution in [0, 0.1) is 35.5 Å². The average molecular weight is 399 g/mol. The molecule has 0 atom stereocenters. The van der Waals surface area contributed by atoms with E-state index in [1.165, 1.54) is 82.6 Å². The molecule has 0 aliphatic heterocycles. The highest BCUT2D eigenvalue weighted by molar-refractivity contribution is 6.31. The summed E-state index contributed by atoms with van der Waals surface area (Å²) in [6.07, 6.45) is 17.6. The highest BCUT2D eigenvalue weighted by Crippen LogP contribution is 2.41. The lowest BCUT2D eigenvalue weighted by Gasteiger charge is -2.36. The molecule has 2 aliphatic carbocycles. The lowest BCUT2D eigenvalue weighted by Crippen LogP contribution is -2.25. The van der Waals surface area contributed by atoms with Crippen molar-refractivity contribution in [1.82, 2.24) is 0 Å². The number of hydrogen-bond acceptors (Lipinski definition) is 0. The second-order valence-corrected chi connectivity index (χ2v) is 9.74. The first kappa shape index (κ1) is 21.8. The number of benzene rings is 1. The maximum Gasteiger partial charge on any atom is 0.0450 e. The molecule has 1 heteroatoms. The maximum atomic E-state index is 6.49. The van der Waals surface area contributed by atoms with Crippen LogP contribution in [-0.2, 0) is 6.42 Å². The zero-order valence-corrected chi connectivity index (χ0v) is 18.9. The second-order valence-electron chi connectivity index (χ2n) is 9.33. The Morgan fingerprint density at radius 1 is 0.893 bits per heavy atom. The van der Waals surface area contributed by atoms with E-state index in [0.717, 1.165) is 34.8 Å². The van der Waals surface area contributed by atoms with Gasteiger partial charge in [-0.3, -0.25) is 0 Å². The van der Waals surface area contributed by atoms with Crippen LogP contribution in [0.3, 0.4) is 0 Å². The van der Waals surface area contributed by atoms with Gasteiger partial charge in [0.25, 0.3) is 0 Å². The first-order valence-corrected chi connectivity index (χ1v) is 12.4. The quantitative estimate of drug-likeness (QED) is 0.333. The van der Waals surface area contributed by atoms with Gasteiger partial charge < -0.3 is 0 Å². The third-order valence-electron chi connectivity index (χ3n) is 7.43. The topological polar surface area (TPSA) is 0 Å². The Hall–Kier alpha value is -0.930. The van der Waals surface area contributed by atoms with E-state index in [9.17, 15) is 0 Å². The molecule has 0 radical (unpaired) electrons. The van der Waals surface area contributed by atoms with Crippen molar-refractivity contribution >= 4 is 11.6 Å². The fourth-order valence-electron chi connectivity index (χ4n) is 5.38.